The van der Waals surface area contributed by atoms with Gasteiger partial charge in [0.1, 0.15) is 10.6 Å². The van der Waals surface area contributed by atoms with Gasteiger partial charge in [-0.3, -0.25) is 19.0 Å². The normalized spacial score (nSPS) is 15.7. The number of carbonyl (C=O) groups is 1. The van der Waals surface area contributed by atoms with Crippen molar-refractivity contribution in [3.8, 4) is 5.69 Å². The molecule has 0 spiro atoms. The average molecular weight is 519 g/mol. The smallest absolute Gasteiger partial charge is 0.296 e. The van der Waals surface area contributed by atoms with E-state index in [-0.39, 0.29) is 22.5 Å². The topological polar surface area (TPSA) is 93.4 Å². The summed E-state index contributed by atoms with van der Waals surface area (Å²) in [5.41, 5.74) is 1.68. The number of para-hydroxylation sites is 1. The Hall–Kier alpha value is -2.85. The average Bonchev–Trinajstić information content (AvgIpc) is 3.16. The number of benzene rings is 2. The minimum Gasteiger partial charge on any atom is -0.308 e. The van der Waals surface area contributed by atoms with Crippen molar-refractivity contribution in [3.05, 3.63) is 68.5 Å². The standard InChI is InChI=1S/C22H23BrN4O4S/c1-13-10-16-11-17(23)12-19(21(16)26(13)15(3)28)32(30,31)24-20-14(2)25(4)27(22(20)29)18-8-6-5-7-9-18/h5-9,11-13,24H,10H2,1-4H3/t13-/m0/s1. The fourth-order valence-electron chi connectivity index (χ4n) is 4.24. The molecule has 1 aromatic heterocycles. The summed E-state index contributed by atoms with van der Waals surface area (Å²) in [5.74, 6) is -0.239. The lowest BCUT2D eigenvalue weighted by atomic mass is 10.1. The first kappa shape index (κ1) is 22.3. The Morgan fingerprint density at radius 1 is 1.19 bits per heavy atom. The Bertz CT molecular complexity index is 1390. The fraction of sp³-hybridized carbons (Fsp3) is 0.273. The quantitative estimate of drug-likeness (QED) is 0.572. The highest BCUT2D eigenvalue weighted by molar-refractivity contribution is 9.10. The summed E-state index contributed by atoms with van der Waals surface area (Å²) in [4.78, 5) is 26.9. The van der Waals surface area contributed by atoms with E-state index in [0.717, 1.165) is 5.56 Å². The lowest BCUT2D eigenvalue weighted by Gasteiger charge is -2.23. The molecule has 1 aliphatic heterocycles. The molecule has 0 unspecified atom stereocenters. The van der Waals surface area contributed by atoms with Crippen LogP contribution in [0.4, 0.5) is 11.4 Å². The molecule has 1 aliphatic rings. The van der Waals surface area contributed by atoms with E-state index < -0.39 is 15.6 Å². The third kappa shape index (κ3) is 3.57. The van der Waals surface area contributed by atoms with E-state index in [9.17, 15) is 18.0 Å². The van der Waals surface area contributed by atoms with Crippen LogP contribution in [0.25, 0.3) is 5.69 Å². The molecule has 32 heavy (non-hydrogen) atoms. The van der Waals surface area contributed by atoms with E-state index in [1.807, 2.05) is 19.1 Å². The Morgan fingerprint density at radius 3 is 2.47 bits per heavy atom. The minimum atomic E-state index is -4.18. The second-order valence-corrected chi connectivity index (χ2v) is 10.5. The molecule has 0 radical (unpaired) electrons. The van der Waals surface area contributed by atoms with Crippen LogP contribution in [0.15, 0.2) is 56.6 Å². The van der Waals surface area contributed by atoms with Crippen LogP contribution in [0.1, 0.15) is 25.1 Å². The Kier molecular flexibility index (Phi) is 5.54. The number of amides is 1. The molecule has 0 saturated carbocycles. The Balaban J connectivity index is 1.85. The van der Waals surface area contributed by atoms with Gasteiger partial charge in [0, 0.05) is 24.5 Å². The molecule has 0 bridgehead atoms. The van der Waals surface area contributed by atoms with Crippen LogP contribution in [-0.2, 0) is 28.3 Å². The molecule has 4 rings (SSSR count). The first-order valence-electron chi connectivity index (χ1n) is 10.0. The van der Waals surface area contributed by atoms with Gasteiger partial charge in [-0.1, -0.05) is 34.1 Å². The molecule has 8 nitrogen and oxygen atoms in total. The summed E-state index contributed by atoms with van der Waals surface area (Å²) in [6.45, 7) is 4.96. The van der Waals surface area contributed by atoms with E-state index in [2.05, 4.69) is 20.7 Å². The highest BCUT2D eigenvalue weighted by Gasteiger charge is 2.36. The molecule has 10 heteroatoms. The van der Waals surface area contributed by atoms with Crippen LogP contribution < -0.4 is 15.2 Å². The van der Waals surface area contributed by atoms with Gasteiger partial charge in [-0.2, -0.15) is 0 Å². The maximum absolute atomic E-state index is 13.5. The van der Waals surface area contributed by atoms with Crippen molar-refractivity contribution in [3.63, 3.8) is 0 Å². The van der Waals surface area contributed by atoms with Gasteiger partial charge in [0.05, 0.1) is 17.1 Å². The largest absolute Gasteiger partial charge is 0.308 e. The summed E-state index contributed by atoms with van der Waals surface area (Å²) in [5, 5.41) is 0. The van der Waals surface area contributed by atoms with Gasteiger partial charge in [-0.15, -0.1) is 0 Å². The van der Waals surface area contributed by atoms with Crippen LogP contribution >= 0.6 is 15.9 Å². The monoisotopic (exact) mass is 518 g/mol. The van der Waals surface area contributed by atoms with Crippen molar-refractivity contribution in [1.82, 2.24) is 9.36 Å². The molecule has 0 aliphatic carbocycles. The van der Waals surface area contributed by atoms with Gasteiger partial charge in [0.2, 0.25) is 5.91 Å². The number of sulfonamides is 1. The van der Waals surface area contributed by atoms with Crippen LogP contribution in [0.2, 0.25) is 0 Å². The van der Waals surface area contributed by atoms with Crippen LogP contribution in [0.5, 0.6) is 0 Å². The Labute approximate surface area is 194 Å². The lowest BCUT2D eigenvalue weighted by molar-refractivity contribution is -0.116. The van der Waals surface area contributed by atoms with Gasteiger partial charge >= 0.3 is 0 Å². The molecular weight excluding hydrogens is 496 g/mol. The van der Waals surface area contributed by atoms with Crippen molar-refractivity contribution < 1.29 is 13.2 Å². The molecule has 2 heterocycles. The predicted molar refractivity (Wildman–Crippen MR) is 127 cm³/mol. The Morgan fingerprint density at radius 2 is 1.84 bits per heavy atom. The third-order valence-corrected chi connectivity index (χ3v) is 7.56. The number of nitrogens with one attached hydrogen (secondary N) is 1. The summed E-state index contributed by atoms with van der Waals surface area (Å²) >= 11 is 3.38. The van der Waals surface area contributed by atoms with E-state index in [1.54, 1.807) is 42.9 Å². The number of nitrogens with zero attached hydrogens (tertiary/aromatic N) is 3. The van der Waals surface area contributed by atoms with Gasteiger partial charge in [0.25, 0.3) is 15.6 Å². The summed E-state index contributed by atoms with van der Waals surface area (Å²) in [6.07, 6.45) is 0.544. The molecule has 3 aromatic rings. The summed E-state index contributed by atoms with van der Waals surface area (Å²) in [6, 6.07) is 12.1. The van der Waals surface area contributed by atoms with Crippen molar-refractivity contribution in [2.24, 2.45) is 7.05 Å². The third-order valence-electron chi connectivity index (χ3n) is 5.74. The van der Waals surface area contributed by atoms with Crippen LogP contribution in [0.3, 0.4) is 0 Å². The SMILES string of the molecule is CC(=O)N1c2c(cc(Br)cc2S(=O)(=O)Nc2c(C)n(C)n(-c3ccccc3)c2=O)C[C@@H]1C. The van der Waals surface area contributed by atoms with Crippen LogP contribution in [0, 0.1) is 6.92 Å². The van der Waals surface area contributed by atoms with E-state index >= 15 is 0 Å². The van der Waals surface area contributed by atoms with Crippen molar-refractivity contribution in [2.75, 3.05) is 9.62 Å². The maximum Gasteiger partial charge on any atom is 0.296 e. The molecule has 0 saturated heterocycles. The van der Waals surface area contributed by atoms with E-state index in [4.69, 9.17) is 0 Å². The van der Waals surface area contributed by atoms with Gasteiger partial charge in [-0.25, -0.2) is 13.1 Å². The van der Waals surface area contributed by atoms with E-state index in [0.29, 0.717) is 28.0 Å². The van der Waals surface area contributed by atoms with Crippen molar-refractivity contribution in [2.45, 2.75) is 38.1 Å². The number of fused-ring (bicyclic) bond motifs is 1. The van der Waals surface area contributed by atoms with Crippen LogP contribution in [-0.4, -0.2) is 29.7 Å². The van der Waals surface area contributed by atoms with Gasteiger partial charge in [-0.05, 0) is 50.1 Å². The molecule has 1 atom stereocenters. The van der Waals surface area contributed by atoms with Gasteiger partial charge < -0.3 is 4.90 Å². The zero-order chi connectivity index (χ0) is 23.4. The highest BCUT2D eigenvalue weighted by atomic mass is 79.9. The first-order valence-corrected chi connectivity index (χ1v) is 12.3. The first-order chi connectivity index (χ1) is 15.0. The number of hydrogen-bond donors (Lipinski definition) is 1. The fourth-order valence-corrected chi connectivity index (χ4v) is 6.27. The highest BCUT2D eigenvalue weighted by Crippen LogP contribution is 2.40. The van der Waals surface area contributed by atoms with Crippen molar-refractivity contribution in [1.29, 1.82) is 0 Å². The maximum atomic E-state index is 13.5. The second-order valence-electron chi connectivity index (χ2n) is 7.90. The lowest BCUT2D eigenvalue weighted by Crippen LogP contribution is -2.35. The number of aromatic nitrogens is 2. The summed E-state index contributed by atoms with van der Waals surface area (Å²) in [7, 11) is -2.49. The number of rotatable bonds is 4. The zero-order valence-electron chi connectivity index (χ0n) is 18.1. The van der Waals surface area contributed by atoms with Crippen molar-refractivity contribution >= 4 is 43.2 Å². The molecular formula is C22H23BrN4O4S. The number of carbonyl (C=O) groups excluding carboxylic acids is 1. The molecule has 0 fully saturated rings. The zero-order valence-corrected chi connectivity index (χ0v) is 20.5. The molecule has 2 aromatic carbocycles. The minimum absolute atomic E-state index is 0.0366. The number of halogens is 1. The second kappa shape index (κ2) is 7.93. The molecule has 168 valence electrons. The predicted octanol–water partition coefficient (Wildman–Crippen LogP) is 3.35. The summed E-state index contributed by atoms with van der Waals surface area (Å²) < 4.78 is 33.1. The van der Waals surface area contributed by atoms with E-state index in [1.165, 1.54) is 22.6 Å². The number of anilines is 2. The number of hydrogen-bond acceptors (Lipinski definition) is 4. The molecule has 1 N–H and O–H groups in total. The molecule has 1 amide bonds. The van der Waals surface area contributed by atoms with Gasteiger partial charge in [0.15, 0.2) is 0 Å².